The van der Waals surface area contributed by atoms with Crippen LogP contribution in [0.1, 0.15) is 0 Å². The van der Waals surface area contributed by atoms with Crippen molar-refractivity contribution in [3.63, 3.8) is 0 Å². The third kappa shape index (κ3) is 4.40. The number of hydrogen-bond acceptors (Lipinski definition) is 5. The van der Waals surface area contributed by atoms with E-state index in [9.17, 15) is 0 Å². The summed E-state index contributed by atoms with van der Waals surface area (Å²) in [6, 6.07) is 45.3. The van der Waals surface area contributed by atoms with Gasteiger partial charge in [-0.15, -0.1) is 11.3 Å². The highest BCUT2D eigenvalue weighted by Gasteiger charge is 2.21. The molecule has 0 saturated heterocycles. The van der Waals surface area contributed by atoms with E-state index >= 15 is 0 Å². The summed E-state index contributed by atoms with van der Waals surface area (Å²) in [5, 5.41) is 4.81. The zero-order chi connectivity index (χ0) is 29.9. The molecule has 0 spiro atoms. The molecule has 0 aliphatic heterocycles. The van der Waals surface area contributed by atoms with E-state index in [0.29, 0.717) is 22.5 Å². The average Bonchev–Trinajstić information content (AvgIpc) is 3.66. The largest absolute Gasteiger partial charge is 0.456 e. The Bertz CT molecular complexity index is 2570. The lowest BCUT2D eigenvalue weighted by Gasteiger charge is -2.11. The van der Waals surface area contributed by atoms with Crippen LogP contribution in [0.2, 0.25) is 5.02 Å². The van der Waals surface area contributed by atoms with Crippen LogP contribution in [0, 0.1) is 0 Å². The van der Waals surface area contributed by atoms with Crippen molar-refractivity contribution in [2.45, 2.75) is 0 Å². The van der Waals surface area contributed by atoms with Gasteiger partial charge in [0.1, 0.15) is 11.2 Å². The summed E-state index contributed by atoms with van der Waals surface area (Å²) in [7, 11) is 0. The number of fused-ring (bicyclic) bond motifs is 6. The van der Waals surface area contributed by atoms with Crippen LogP contribution in [0.5, 0.6) is 0 Å². The van der Waals surface area contributed by atoms with Gasteiger partial charge in [0.25, 0.3) is 0 Å². The van der Waals surface area contributed by atoms with E-state index in [4.69, 9.17) is 31.0 Å². The molecular weight excluding hydrogens is 594 g/mol. The zero-order valence-electron chi connectivity index (χ0n) is 23.7. The van der Waals surface area contributed by atoms with Crippen LogP contribution in [0.3, 0.4) is 0 Å². The van der Waals surface area contributed by atoms with Gasteiger partial charge in [-0.3, -0.25) is 0 Å². The number of rotatable bonds is 4. The Morgan fingerprint density at radius 2 is 1.13 bits per heavy atom. The fourth-order valence-electron chi connectivity index (χ4n) is 6.09. The van der Waals surface area contributed by atoms with Crippen LogP contribution in [0.25, 0.3) is 87.4 Å². The van der Waals surface area contributed by atoms with E-state index in [1.807, 2.05) is 66.7 Å². The second-order valence-corrected chi connectivity index (χ2v) is 12.4. The van der Waals surface area contributed by atoms with Gasteiger partial charge >= 0.3 is 0 Å². The predicted molar refractivity (Wildman–Crippen MR) is 187 cm³/mol. The number of para-hydroxylation sites is 1. The number of benzene rings is 6. The Kier molecular flexibility index (Phi) is 6.01. The molecule has 0 bridgehead atoms. The van der Waals surface area contributed by atoms with Crippen LogP contribution in [-0.2, 0) is 0 Å². The van der Waals surface area contributed by atoms with Crippen LogP contribution in [0.15, 0.2) is 138 Å². The lowest BCUT2D eigenvalue weighted by molar-refractivity contribution is 0.669. The van der Waals surface area contributed by atoms with Gasteiger partial charge in [0.05, 0.1) is 5.02 Å². The Labute approximate surface area is 267 Å². The first kappa shape index (κ1) is 26.1. The van der Waals surface area contributed by atoms with Crippen LogP contribution in [0.4, 0.5) is 0 Å². The third-order valence-electron chi connectivity index (χ3n) is 8.21. The summed E-state index contributed by atoms with van der Waals surface area (Å²) >= 11 is 8.77. The molecule has 0 unspecified atom stereocenters. The van der Waals surface area contributed by atoms with Gasteiger partial charge in [0, 0.05) is 47.6 Å². The van der Waals surface area contributed by atoms with Crippen LogP contribution in [-0.4, -0.2) is 15.0 Å². The SMILES string of the molecule is Clc1ccc2oc3ccccc3c2c1-c1nc(-c2cccc(-c3ccccc3)c2)nc(-c2ccc3sc4ccccc4c3c2)n1. The Hall–Kier alpha value is -5.36. The molecule has 6 aromatic carbocycles. The normalized spacial score (nSPS) is 11.7. The summed E-state index contributed by atoms with van der Waals surface area (Å²) in [5.74, 6) is 1.65. The maximum Gasteiger partial charge on any atom is 0.166 e. The highest BCUT2D eigenvalue weighted by molar-refractivity contribution is 7.25. The summed E-state index contributed by atoms with van der Waals surface area (Å²) in [5.41, 5.74) is 6.27. The minimum absolute atomic E-state index is 0.498. The fourth-order valence-corrected chi connectivity index (χ4v) is 7.42. The number of thiophene rings is 1. The van der Waals surface area contributed by atoms with E-state index in [0.717, 1.165) is 49.8 Å². The molecule has 0 aliphatic carbocycles. The van der Waals surface area contributed by atoms with Gasteiger partial charge in [-0.05, 0) is 59.7 Å². The molecule has 45 heavy (non-hydrogen) atoms. The summed E-state index contributed by atoms with van der Waals surface area (Å²) in [6.45, 7) is 0. The lowest BCUT2D eigenvalue weighted by atomic mass is 10.0. The molecular formula is C39H22ClN3OS. The molecule has 0 aliphatic rings. The van der Waals surface area contributed by atoms with Crippen molar-refractivity contribution in [3.05, 3.63) is 138 Å². The monoisotopic (exact) mass is 615 g/mol. The number of halogens is 1. The Morgan fingerprint density at radius 3 is 2.00 bits per heavy atom. The first-order valence-electron chi connectivity index (χ1n) is 14.6. The van der Waals surface area contributed by atoms with Crippen molar-refractivity contribution in [1.82, 2.24) is 15.0 Å². The second-order valence-electron chi connectivity index (χ2n) is 11.0. The zero-order valence-corrected chi connectivity index (χ0v) is 25.3. The van der Waals surface area contributed by atoms with E-state index in [1.165, 1.54) is 20.2 Å². The summed E-state index contributed by atoms with van der Waals surface area (Å²) < 4.78 is 8.69. The average molecular weight is 616 g/mol. The predicted octanol–water partition coefficient (Wildman–Crippen LogP) is 11.5. The maximum absolute atomic E-state index is 6.99. The second kappa shape index (κ2) is 10.4. The van der Waals surface area contributed by atoms with Crippen molar-refractivity contribution in [1.29, 1.82) is 0 Å². The van der Waals surface area contributed by atoms with Gasteiger partial charge in [-0.2, -0.15) is 0 Å². The topological polar surface area (TPSA) is 51.8 Å². The molecule has 0 radical (unpaired) electrons. The van der Waals surface area contributed by atoms with Gasteiger partial charge < -0.3 is 4.42 Å². The molecule has 4 nitrogen and oxygen atoms in total. The van der Waals surface area contributed by atoms with Crippen molar-refractivity contribution in [3.8, 4) is 45.3 Å². The first-order valence-corrected chi connectivity index (χ1v) is 15.8. The summed E-state index contributed by atoms with van der Waals surface area (Å²) in [4.78, 5) is 15.3. The molecule has 6 heteroatoms. The molecule has 9 rings (SSSR count). The van der Waals surface area contributed by atoms with E-state index < -0.39 is 0 Å². The molecule has 3 aromatic heterocycles. The molecule has 0 fully saturated rings. The van der Waals surface area contributed by atoms with E-state index in [2.05, 4.69) is 66.7 Å². The number of hydrogen-bond donors (Lipinski definition) is 0. The highest BCUT2D eigenvalue weighted by Crippen LogP contribution is 2.41. The quantitative estimate of drug-likeness (QED) is 0.198. The minimum atomic E-state index is 0.498. The van der Waals surface area contributed by atoms with Crippen LogP contribution < -0.4 is 0 Å². The molecule has 0 N–H and O–H groups in total. The van der Waals surface area contributed by atoms with Crippen molar-refractivity contribution < 1.29 is 4.42 Å². The molecule has 0 atom stereocenters. The Balaban J connectivity index is 1.31. The van der Waals surface area contributed by atoms with Gasteiger partial charge in [0.15, 0.2) is 17.5 Å². The van der Waals surface area contributed by atoms with Gasteiger partial charge in [0.2, 0.25) is 0 Å². The van der Waals surface area contributed by atoms with Gasteiger partial charge in [-0.25, -0.2) is 15.0 Å². The molecule has 212 valence electrons. The minimum Gasteiger partial charge on any atom is -0.456 e. The molecule has 0 amide bonds. The molecule has 3 heterocycles. The van der Waals surface area contributed by atoms with Gasteiger partial charge in [-0.1, -0.05) is 96.5 Å². The lowest BCUT2D eigenvalue weighted by Crippen LogP contribution is -2.01. The number of nitrogens with zero attached hydrogens (tertiary/aromatic N) is 3. The first-order chi connectivity index (χ1) is 22.2. The Morgan fingerprint density at radius 1 is 0.467 bits per heavy atom. The number of aromatic nitrogens is 3. The van der Waals surface area contributed by atoms with Crippen molar-refractivity contribution >= 4 is 65.0 Å². The highest BCUT2D eigenvalue weighted by atomic mass is 35.5. The van der Waals surface area contributed by atoms with E-state index in [1.54, 1.807) is 11.3 Å². The van der Waals surface area contributed by atoms with Crippen LogP contribution >= 0.6 is 22.9 Å². The molecule has 9 aromatic rings. The third-order valence-corrected chi connectivity index (χ3v) is 9.68. The molecule has 0 saturated carbocycles. The van der Waals surface area contributed by atoms with Crippen molar-refractivity contribution in [2.75, 3.05) is 0 Å². The summed E-state index contributed by atoms with van der Waals surface area (Å²) in [6.07, 6.45) is 0. The maximum atomic E-state index is 6.99. The standard InChI is InChI=1S/C39H22ClN3OS/c40-30-18-19-32-35(28-14-4-6-15-31(28)44-32)36(30)39-42-37(25-12-8-11-24(21-25)23-9-2-1-3-10-23)41-38(43-39)26-17-20-34-29(22-26)27-13-5-7-16-33(27)45-34/h1-22H. The smallest absolute Gasteiger partial charge is 0.166 e. The fraction of sp³-hybridized carbons (Fsp3) is 0. The van der Waals surface area contributed by atoms with E-state index in [-0.39, 0.29) is 0 Å². The van der Waals surface area contributed by atoms with Crippen molar-refractivity contribution in [2.24, 2.45) is 0 Å². The number of furan rings is 1.